The van der Waals surface area contributed by atoms with Gasteiger partial charge in [0.05, 0.1) is 0 Å². The Bertz CT molecular complexity index is 913. The lowest BCUT2D eigenvalue weighted by atomic mass is 9.84. The first-order valence-corrected chi connectivity index (χ1v) is 8.96. The molecule has 1 amide bonds. The number of amides is 1. The van der Waals surface area contributed by atoms with Gasteiger partial charge >= 0.3 is 0 Å². The van der Waals surface area contributed by atoms with Crippen LogP contribution >= 0.6 is 11.6 Å². The molecule has 0 saturated carbocycles. The van der Waals surface area contributed by atoms with Gasteiger partial charge < -0.3 is 15.0 Å². The zero-order chi connectivity index (χ0) is 18.7. The first-order chi connectivity index (χ1) is 12.3. The highest BCUT2D eigenvalue weighted by Crippen LogP contribution is 2.31. The van der Waals surface area contributed by atoms with Crippen molar-refractivity contribution in [3.8, 4) is 5.75 Å². The summed E-state index contributed by atoms with van der Waals surface area (Å²) in [7, 11) is 0. The average Bonchev–Trinajstić information content (AvgIpc) is 3.03. The van der Waals surface area contributed by atoms with E-state index in [1.54, 1.807) is 0 Å². The number of halogens is 1. The van der Waals surface area contributed by atoms with E-state index < -0.39 is 0 Å². The number of hydrogen-bond acceptors (Lipinski definition) is 2. The molecule has 0 saturated heterocycles. The molecule has 26 heavy (non-hydrogen) atoms. The standard InChI is InChI=1S/C21H23ClN2O2/c1-14-4-7-16(8-5-14)26-12-20(25)24-13-21(2,3)18-11-23-19-10-15(22)6-9-17(18)19/h4-11,23H,12-13H2,1-3H3,(H,24,25). The van der Waals surface area contributed by atoms with Crippen LogP contribution in [0.2, 0.25) is 5.02 Å². The number of aromatic nitrogens is 1. The Balaban J connectivity index is 1.60. The minimum Gasteiger partial charge on any atom is -0.484 e. The van der Waals surface area contributed by atoms with Crippen LogP contribution in [0.5, 0.6) is 5.75 Å². The van der Waals surface area contributed by atoms with Crippen molar-refractivity contribution >= 4 is 28.4 Å². The highest BCUT2D eigenvalue weighted by molar-refractivity contribution is 6.31. The number of carbonyl (C=O) groups is 1. The molecule has 3 rings (SSSR count). The maximum Gasteiger partial charge on any atom is 0.257 e. The van der Waals surface area contributed by atoms with Gasteiger partial charge in [0.15, 0.2) is 6.61 Å². The van der Waals surface area contributed by atoms with E-state index in [9.17, 15) is 4.79 Å². The van der Waals surface area contributed by atoms with Gasteiger partial charge in [-0.15, -0.1) is 0 Å². The molecule has 1 aromatic heterocycles. The second kappa shape index (κ2) is 7.42. The Labute approximate surface area is 158 Å². The lowest BCUT2D eigenvalue weighted by Crippen LogP contribution is -2.38. The smallest absolute Gasteiger partial charge is 0.257 e. The van der Waals surface area contributed by atoms with Crippen LogP contribution in [0.1, 0.15) is 25.0 Å². The first kappa shape index (κ1) is 18.3. The number of aryl methyl sites for hydroxylation is 1. The number of ether oxygens (including phenoxy) is 1. The van der Waals surface area contributed by atoms with E-state index in [1.165, 1.54) is 0 Å². The molecule has 5 heteroatoms. The van der Waals surface area contributed by atoms with Crippen LogP contribution in [0.25, 0.3) is 10.9 Å². The van der Waals surface area contributed by atoms with Gasteiger partial charge in [0.25, 0.3) is 5.91 Å². The number of rotatable bonds is 6. The van der Waals surface area contributed by atoms with Gasteiger partial charge in [-0.05, 0) is 36.8 Å². The number of carbonyl (C=O) groups excluding carboxylic acids is 1. The monoisotopic (exact) mass is 370 g/mol. The summed E-state index contributed by atoms with van der Waals surface area (Å²) < 4.78 is 5.53. The molecule has 0 bridgehead atoms. The summed E-state index contributed by atoms with van der Waals surface area (Å²) in [6, 6.07) is 13.4. The summed E-state index contributed by atoms with van der Waals surface area (Å²) in [4.78, 5) is 15.4. The Morgan fingerprint density at radius 2 is 1.92 bits per heavy atom. The molecule has 0 spiro atoms. The van der Waals surface area contributed by atoms with E-state index in [2.05, 4.69) is 24.1 Å². The Morgan fingerprint density at radius 3 is 2.65 bits per heavy atom. The fraction of sp³-hybridized carbons (Fsp3) is 0.286. The second-order valence-corrected chi connectivity index (χ2v) is 7.59. The molecule has 0 aliphatic rings. The van der Waals surface area contributed by atoms with Crippen molar-refractivity contribution in [2.75, 3.05) is 13.2 Å². The maximum absolute atomic E-state index is 12.1. The lowest BCUT2D eigenvalue weighted by Gasteiger charge is -2.25. The molecule has 4 nitrogen and oxygen atoms in total. The van der Waals surface area contributed by atoms with Crippen LogP contribution in [0, 0.1) is 6.92 Å². The first-order valence-electron chi connectivity index (χ1n) is 8.58. The molecule has 0 aliphatic heterocycles. The van der Waals surface area contributed by atoms with Gasteiger partial charge in [0.2, 0.25) is 0 Å². The molecule has 0 aliphatic carbocycles. The normalized spacial score (nSPS) is 11.5. The highest BCUT2D eigenvalue weighted by Gasteiger charge is 2.24. The molecule has 0 atom stereocenters. The topological polar surface area (TPSA) is 54.1 Å². The van der Waals surface area contributed by atoms with E-state index in [-0.39, 0.29) is 17.9 Å². The largest absolute Gasteiger partial charge is 0.484 e. The van der Waals surface area contributed by atoms with Gasteiger partial charge in [-0.1, -0.05) is 49.2 Å². The fourth-order valence-corrected chi connectivity index (χ4v) is 3.08. The van der Waals surface area contributed by atoms with Crippen LogP contribution in [0.3, 0.4) is 0 Å². The summed E-state index contributed by atoms with van der Waals surface area (Å²) >= 11 is 6.05. The van der Waals surface area contributed by atoms with Crippen molar-refractivity contribution in [2.45, 2.75) is 26.2 Å². The molecular formula is C21H23ClN2O2. The SMILES string of the molecule is Cc1ccc(OCC(=O)NCC(C)(C)c2c[nH]c3cc(Cl)ccc23)cc1. The van der Waals surface area contributed by atoms with Crippen molar-refractivity contribution in [3.63, 3.8) is 0 Å². The van der Waals surface area contributed by atoms with Gasteiger partial charge in [-0.2, -0.15) is 0 Å². The third-order valence-electron chi connectivity index (χ3n) is 4.49. The third kappa shape index (κ3) is 4.20. The number of benzene rings is 2. The fourth-order valence-electron chi connectivity index (χ4n) is 2.91. The van der Waals surface area contributed by atoms with Crippen molar-refractivity contribution in [3.05, 3.63) is 64.8 Å². The average molecular weight is 371 g/mol. The van der Waals surface area contributed by atoms with E-state index in [4.69, 9.17) is 16.3 Å². The molecule has 0 fully saturated rings. The quantitative estimate of drug-likeness (QED) is 0.666. The van der Waals surface area contributed by atoms with Crippen molar-refractivity contribution in [1.82, 2.24) is 10.3 Å². The van der Waals surface area contributed by atoms with E-state index >= 15 is 0 Å². The van der Waals surface area contributed by atoms with Crippen LogP contribution in [-0.2, 0) is 10.2 Å². The van der Waals surface area contributed by atoms with Gasteiger partial charge in [0.1, 0.15) is 5.75 Å². The van der Waals surface area contributed by atoms with Crippen LogP contribution < -0.4 is 10.1 Å². The third-order valence-corrected chi connectivity index (χ3v) is 4.73. The predicted molar refractivity (Wildman–Crippen MR) is 106 cm³/mol. The molecule has 136 valence electrons. The van der Waals surface area contributed by atoms with E-state index in [0.717, 1.165) is 22.0 Å². The van der Waals surface area contributed by atoms with E-state index in [0.29, 0.717) is 17.3 Å². The van der Waals surface area contributed by atoms with Crippen LogP contribution in [0.4, 0.5) is 0 Å². The lowest BCUT2D eigenvalue weighted by molar-refractivity contribution is -0.123. The van der Waals surface area contributed by atoms with E-state index in [1.807, 2.05) is 55.6 Å². The molecule has 2 aromatic carbocycles. The molecule has 0 unspecified atom stereocenters. The van der Waals surface area contributed by atoms with Crippen LogP contribution in [-0.4, -0.2) is 24.0 Å². The number of H-pyrrole nitrogens is 1. The molecule has 1 heterocycles. The maximum atomic E-state index is 12.1. The minimum absolute atomic E-state index is 0.00261. The Kier molecular flexibility index (Phi) is 5.23. The summed E-state index contributed by atoms with van der Waals surface area (Å²) in [5, 5.41) is 4.78. The number of aromatic amines is 1. The van der Waals surface area contributed by atoms with Gasteiger partial charge in [-0.25, -0.2) is 0 Å². The number of nitrogens with one attached hydrogen (secondary N) is 2. The van der Waals surface area contributed by atoms with Gasteiger partial charge in [-0.3, -0.25) is 4.79 Å². The molecule has 0 radical (unpaired) electrons. The molecular weight excluding hydrogens is 348 g/mol. The number of hydrogen-bond donors (Lipinski definition) is 2. The van der Waals surface area contributed by atoms with Crippen molar-refractivity contribution in [1.29, 1.82) is 0 Å². The molecule has 2 N–H and O–H groups in total. The summed E-state index contributed by atoms with van der Waals surface area (Å²) in [5.41, 5.74) is 3.06. The number of fused-ring (bicyclic) bond motifs is 1. The zero-order valence-electron chi connectivity index (χ0n) is 15.2. The summed E-state index contributed by atoms with van der Waals surface area (Å²) in [5.74, 6) is 0.556. The van der Waals surface area contributed by atoms with Crippen molar-refractivity contribution < 1.29 is 9.53 Å². The highest BCUT2D eigenvalue weighted by atomic mass is 35.5. The zero-order valence-corrected chi connectivity index (χ0v) is 16.0. The summed E-state index contributed by atoms with van der Waals surface area (Å²) in [6.45, 7) is 6.73. The predicted octanol–water partition coefficient (Wildman–Crippen LogP) is 4.60. The Hall–Kier alpha value is -2.46. The van der Waals surface area contributed by atoms with Crippen molar-refractivity contribution in [2.24, 2.45) is 0 Å². The van der Waals surface area contributed by atoms with Gasteiger partial charge in [0, 0.05) is 34.1 Å². The molecule has 3 aromatic rings. The Morgan fingerprint density at radius 1 is 1.19 bits per heavy atom. The van der Waals surface area contributed by atoms with Crippen LogP contribution in [0.15, 0.2) is 48.7 Å². The summed E-state index contributed by atoms with van der Waals surface area (Å²) in [6.07, 6.45) is 1.98. The second-order valence-electron chi connectivity index (χ2n) is 7.15. The minimum atomic E-state index is -0.231.